The van der Waals surface area contributed by atoms with E-state index >= 15 is 0 Å². The Morgan fingerprint density at radius 2 is 1.96 bits per heavy atom. The summed E-state index contributed by atoms with van der Waals surface area (Å²) in [5.74, 6) is 0. The van der Waals surface area contributed by atoms with E-state index in [9.17, 15) is 5.11 Å². The van der Waals surface area contributed by atoms with Crippen LogP contribution >= 0.6 is 0 Å². The second kappa shape index (κ2) is 9.64. The molecule has 25 heavy (non-hydrogen) atoms. The summed E-state index contributed by atoms with van der Waals surface area (Å²) >= 11 is 0. The second-order valence-electron chi connectivity index (χ2n) is 7.33. The number of aryl methyl sites for hydroxylation is 1. The fraction of sp³-hybridized carbons (Fsp3) is 0.700. The number of aliphatic hydroxyl groups excluding tert-OH is 1. The molecule has 2 saturated heterocycles. The molecule has 3 rings (SSSR count). The molecular formula is C20H32N2O3. The van der Waals surface area contributed by atoms with Crippen LogP contribution in [0.4, 0.5) is 0 Å². The minimum absolute atomic E-state index is 0.234. The number of benzene rings is 1. The third kappa shape index (κ3) is 6.04. The van der Waals surface area contributed by atoms with Crippen molar-refractivity contribution in [1.29, 1.82) is 0 Å². The Balaban J connectivity index is 1.31. The first-order valence-electron chi connectivity index (χ1n) is 9.57. The lowest BCUT2D eigenvalue weighted by Crippen LogP contribution is -2.48. The van der Waals surface area contributed by atoms with Crippen molar-refractivity contribution in [3.05, 3.63) is 35.4 Å². The summed E-state index contributed by atoms with van der Waals surface area (Å²) < 4.78 is 11.2. The van der Waals surface area contributed by atoms with Gasteiger partial charge in [0.2, 0.25) is 0 Å². The summed E-state index contributed by atoms with van der Waals surface area (Å²) in [5, 5.41) is 10.2. The van der Waals surface area contributed by atoms with Gasteiger partial charge in [0.25, 0.3) is 0 Å². The zero-order chi connectivity index (χ0) is 17.5. The van der Waals surface area contributed by atoms with Crippen molar-refractivity contribution in [2.45, 2.75) is 38.5 Å². The van der Waals surface area contributed by atoms with Crippen LogP contribution in [0.5, 0.6) is 0 Å². The highest BCUT2D eigenvalue weighted by Crippen LogP contribution is 2.13. The molecule has 5 nitrogen and oxygen atoms in total. The highest BCUT2D eigenvalue weighted by atomic mass is 16.5. The van der Waals surface area contributed by atoms with Gasteiger partial charge in [-0.1, -0.05) is 24.3 Å². The first-order chi connectivity index (χ1) is 12.2. The number of aliphatic hydroxyl groups is 1. The average molecular weight is 348 g/mol. The molecule has 2 heterocycles. The number of rotatable bonds is 8. The lowest BCUT2D eigenvalue weighted by atomic mass is 10.1. The zero-order valence-electron chi connectivity index (χ0n) is 15.4. The molecule has 1 aromatic rings. The highest BCUT2D eigenvalue weighted by molar-refractivity contribution is 5.25. The number of ether oxygens (including phenoxy) is 2. The van der Waals surface area contributed by atoms with Gasteiger partial charge in [-0.25, -0.2) is 0 Å². The molecule has 0 aromatic heterocycles. The van der Waals surface area contributed by atoms with Crippen molar-refractivity contribution in [3.8, 4) is 0 Å². The Labute approximate surface area is 151 Å². The van der Waals surface area contributed by atoms with E-state index in [-0.39, 0.29) is 6.10 Å². The van der Waals surface area contributed by atoms with Crippen LogP contribution in [0, 0.1) is 6.92 Å². The van der Waals surface area contributed by atoms with Gasteiger partial charge in [-0.2, -0.15) is 0 Å². The molecule has 1 aromatic carbocycles. The van der Waals surface area contributed by atoms with Crippen LogP contribution in [0.1, 0.15) is 24.0 Å². The smallest absolute Gasteiger partial charge is 0.0900 e. The molecule has 2 fully saturated rings. The van der Waals surface area contributed by atoms with Crippen LogP contribution in [0.25, 0.3) is 0 Å². The van der Waals surface area contributed by atoms with E-state index in [1.165, 1.54) is 11.1 Å². The number of piperazine rings is 1. The SMILES string of the molecule is Cc1ccccc1CN1CCN(CC(O)COCC2CCCO2)CC1. The Morgan fingerprint density at radius 3 is 2.68 bits per heavy atom. The first-order valence-corrected chi connectivity index (χ1v) is 9.57. The van der Waals surface area contributed by atoms with E-state index in [1.54, 1.807) is 0 Å². The number of hydrogen-bond acceptors (Lipinski definition) is 5. The standard InChI is InChI=1S/C20H32N2O3/c1-17-5-2-3-6-18(17)13-21-8-10-22(11-9-21)14-19(23)15-24-16-20-7-4-12-25-20/h2-3,5-6,19-20,23H,4,7-16H2,1H3. The Kier molecular flexibility index (Phi) is 7.25. The predicted octanol–water partition coefficient (Wildman–Crippen LogP) is 1.67. The van der Waals surface area contributed by atoms with E-state index in [4.69, 9.17) is 9.47 Å². The van der Waals surface area contributed by atoms with Crippen molar-refractivity contribution in [2.75, 3.05) is 52.5 Å². The first kappa shape index (κ1) is 18.8. The van der Waals surface area contributed by atoms with E-state index in [2.05, 4.69) is 41.0 Å². The fourth-order valence-electron chi connectivity index (χ4n) is 3.62. The molecule has 2 atom stereocenters. The lowest BCUT2D eigenvalue weighted by Gasteiger charge is -2.35. The number of nitrogens with zero attached hydrogens (tertiary/aromatic N) is 2. The molecule has 0 saturated carbocycles. The van der Waals surface area contributed by atoms with Gasteiger partial charge in [-0.3, -0.25) is 9.80 Å². The summed E-state index contributed by atoms with van der Waals surface area (Å²) in [6, 6.07) is 8.61. The van der Waals surface area contributed by atoms with Gasteiger partial charge in [0.15, 0.2) is 0 Å². The van der Waals surface area contributed by atoms with Crippen LogP contribution in [-0.4, -0.2) is 79.7 Å². The number of hydrogen-bond donors (Lipinski definition) is 1. The minimum atomic E-state index is -0.413. The maximum absolute atomic E-state index is 10.2. The van der Waals surface area contributed by atoms with Gasteiger partial charge in [0.1, 0.15) is 0 Å². The van der Waals surface area contributed by atoms with Gasteiger partial charge in [0.05, 0.1) is 25.4 Å². The molecule has 2 aliphatic rings. The Bertz CT molecular complexity index is 511. The van der Waals surface area contributed by atoms with Crippen LogP contribution in [0.15, 0.2) is 24.3 Å². The van der Waals surface area contributed by atoms with Gasteiger partial charge < -0.3 is 14.6 Å². The molecule has 0 radical (unpaired) electrons. The predicted molar refractivity (Wildman–Crippen MR) is 98.7 cm³/mol. The molecule has 0 bridgehead atoms. The van der Waals surface area contributed by atoms with Crippen molar-refractivity contribution < 1.29 is 14.6 Å². The molecule has 0 aliphatic carbocycles. The Hall–Kier alpha value is -0.980. The zero-order valence-corrected chi connectivity index (χ0v) is 15.4. The molecule has 1 N–H and O–H groups in total. The van der Waals surface area contributed by atoms with Crippen LogP contribution in [-0.2, 0) is 16.0 Å². The number of β-amino-alcohol motifs (C(OH)–C–C–N with tert-alkyl or cyclic N) is 1. The molecular weight excluding hydrogens is 316 g/mol. The quantitative estimate of drug-likeness (QED) is 0.774. The van der Waals surface area contributed by atoms with E-state index < -0.39 is 6.10 Å². The summed E-state index contributed by atoms with van der Waals surface area (Å²) in [6.07, 6.45) is 2.03. The van der Waals surface area contributed by atoms with Crippen LogP contribution < -0.4 is 0 Å². The van der Waals surface area contributed by atoms with Gasteiger partial charge in [0, 0.05) is 45.9 Å². The van der Waals surface area contributed by atoms with Crippen LogP contribution in [0.2, 0.25) is 0 Å². The molecule has 0 amide bonds. The second-order valence-corrected chi connectivity index (χ2v) is 7.33. The van der Waals surface area contributed by atoms with Gasteiger partial charge in [-0.05, 0) is 30.9 Å². The monoisotopic (exact) mass is 348 g/mol. The van der Waals surface area contributed by atoms with E-state index in [0.29, 0.717) is 19.8 Å². The normalized spacial score (nSPS) is 23.8. The minimum Gasteiger partial charge on any atom is -0.389 e. The van der Waals surface area contributed by atoms with Crippen molar-refractivity contribution in [2.24, 2.45) is 0 Å². The summed E-state index contributed by atoms with van der Waals surface area (Å²) in [5.41, 5.74) is 2.78. The maximum atomic E-state index is 10.2. The van der Waals surface area contributed by atoms with Gasteiger partial charge in [-0.15, -0.1) is 0 Å². The molecule has 5 heteroatoms. The topological polar surface area (TPSA) is 45.2 Å². The van der Waals surface area contributed by atoms with Crippen LogP contribution in [0.3, 0.4) is 0 Å². The van der Waals surface area contributed by atoms with E-state index in [0.717, 1.165) is 52.2 Å². The average Bonchev–Trinajstić information content (AvgIpc) is 3.12. The Morgan fingerprint density at radius 1 is 1.20 bits per heavy atom. The summed E-state index contributed by atoms with van der Waals surface area (Å²) in [4.78, 5) is 4.84. The molecule has 140 valence electrons. The maximum Gasteiger partial charge on any atom is 0.0900 e. The van der Waals surface area contributed by atoms with Gasteiger partial charge >= 0.3 is 0 Å². The van der Waals surface area contributed by atoms with E-state index in [1.807, 2.05) is 0 Å². The summed E-state index contributed by atoms with van der Waals surface area (Å²) in [7, 11) is 0. The fourth-order valence-corrected chi connectivity index (χ4v) is 3.62. The van der Waals surface area contributed by atoms with Crippen molar-refractivity contribution >= 4 is 0 Å². The molecule has 2 aliphatic heterocycles. The van der Waals surface area contributed by atoms with Crippen molar-refractivity contribution in [3.63, 3.8) is 0 Å². The van der Waals surface area contributed by atoms with Crippen molar-refractivity contribution in [1.82, 2.24) is 9.80 Å². The molecule has 0 spiro atoms. The lowest BCUT2D eigenvalue weighted by molar-refractivity contribution is -0.0287. The highest BCUT2D eigenvalue weighted by Gasteiger charge is 2.20. The summed E-state index contributed by atoms with van der Waals surface area (Å²) in [6.45, 7) is 9.89. The third-order valence-electron chi connectivity index (χ3n) is 5.23. The molecule has 2 unspecified atom stereocenters. The third-order valence-corrected chi connectivity index (χ3v) is 5.23. The largest absolute Gasteiger partial charge is 0.389 e.